The van der Waals surface area contributed by atoms with Crippen LogP contribution in [0.15, 0.2) is 30.3 Å². The summed E-state index contributed by atoms with van der Waals surface area (Å²) in [5.74, 6) is -0.126. The number of aromatic nitrogens is 1. The molecule has 0 bridgehead atoms. The van der Waals surface area contributed by atoms with E-state index in [2.05, 4.69) is 36.4 Å². The maximum atomic E-state index is 12.3. The highest BCUT2D eigenvalue weighted by molar-refractivity contribution is 5.99. The molecule has 0 atom stereocenters. The van der Waals surface area contributed by atoms with E-state index in [4.69, 9.17) is 0 Å². The lowest BCUT2D eigenvalue weighted by molar-refractivity contribution is 0.0931. The monoisotopic (exact) mass is 285 g/mol. The van der Waals surface area contributed by atoms with Crippen LogP contribution in [-0.2, 0) is 0 Å². The zero-order chi connectivity index (χ0) is 15.5. The number of amides is 1. The van der Waals surface area contributed by atoms with Crippen molar-refractivity contribution in [1.29, 1.82) is 0 Å². The van der Waals surface area contributed by atoms with Gasteiger partial charge in [-0.25, -0.2) is 4.98 Å². The van der Waals surface area contributed by atoms with E-state index in [1.165, 1.54) is 0 Å². The molecular weight excluding hydrogens is 262 g/mol. The maximum absolute atomic E-state index is 12.3. The summed E-state index contributed by atoms with van der Waals surface area (Å²) in [5.41, 5.74) is 2.29. The molecule has 1 aromatic carbocycles. The molecule has 21 heavy (non-hydrogen) atoms. The van der Waals surface area contributed by atoms with Gasteiger partial charge in [-0.15, -0.1) is 0 Å². The van der Waals surface area contributed by atoms with Crippen molar-refractivity contribution in [3.63, 3.8) is 0 Å². The fraction of sp³-hybridized carbons (Fsp3) is 0.412. The molecule has 2 rings (SSSR count). The fourth-order valence-electron chi connectivity index (χ4n) is 2.03. The predicted molar refractivity (Wildman–Crippen MR) is 87.7 cm³/mol. The van der Waals surface area contributed by atoms with Gasteiger partial charge in [-0.2, -0.15) is 0 Å². The molecule has 112 valence electrons. The number of carbonyl (C=O) groups is 1. The quantitative estimate of drug-likeness (QED) is 0.884. The number of hydrogen-bond acceptors (Lipinski definition) is 3. The van der Waals surface area contributed by atoms with Crippen molar-refractivity contribution in [2.24, 2.45) is 5.41 Å². The zero-order valence-electron chi connectivity index (χ0n) is 13.2. The molecule has 0 aliphatic rings. The van der Waals surface area contributed by atoms with Crippen LogP contribution in [0.2, 0.25) is 0 Å². The van der Waals surface area contributed by atoms with E-state index in [1.807, 2.05) is 31.3 Å². The van der Waals surface area contributed by atoms with Crippen LogP contribution in [0.4, 0.5) is 5.69 Å². The molecule has 1 amide bonds. The van der Waals surface area contributed by atoms with Crippen LogP contribution in [-0.4, -0.2) is 24.5 Å². The van der Waals surface area contributed by atoms with Crippen LogP contribution in [0.1, 0.15) is 37.7 Å². The Labute approximate surface area is 126 Å². The average molecular weight is 285 g/mol. The third-order valence-electron chi connectivity index (χ3n) is 3.90. The van der Waals surface area contributed by atoms with Gasteiger partial charge in [-0.05, 0) is 24.0 Å². The summed E-state index contributed by atoms with van der Waals surface area (Å²) in [4.78, 5) is 16.8. The van der Waals surface area contributed by atoms with Crippen LogP contribution < -0.4 is 10.6 Å². The van der Waals surface area contributed by atoms with Gasteiger partial charge in [0.05, 0.1) is 5.52 Å². The van der Waals surface area contributed by atoms with Crippen molar-refractivity contribution in [3.05, 3.63) is 36.0 Å². The molecule has 0 saturated heterocycles. The summed E-state index contributed by atoms with van der Waals surface area (Å²) in [5, 5.41) is 7.12. The van der Waals surface area contributed by atoms with Crippen molar-refractivity contribution >= 4 is 22.5 Å². The molecule has 0 unspecified atom stereocenters. The Morgan fingerprint density at radius 2 is 2.00 bits per heavy atom. The second-order valence-corrected chi connectivity index (χ2v) is 6.02. The van der Waals surface area contributed by atoms with E-state index < -0.39 is 0 Å². The van der Waals surface area contributed by atoms with Gasteiger partial charge < -0.3 is 10.6 Å². The van der Waals surface area contributed by atoms with Crippen molar-refractivity contribution in [3.8, 4) is 0 Å². The molecule has 0 saturated carbocycles. The van der Waals surface area contributed by atoms with Crippen LogP contribution in [0.25, 0.3) is 10.9 Å². The van der Waals surface area contributed by atoms with Crippen molar-refractivity contribution < 1.29 is 4.79 Å². The predicted octanol–water partition coefficient (Wildman–Crippen LogP) is 3.44. The fourth-order valence-corrected chi connectivity index (χ4v) is 2.03. The summed E-state index contributed by atoms with van der Waals surface area (Å²) in [7, 11) is 1.85. The lowest BCUT2D eigenvalue weighted by Gasteiger charge is -2.22. The Morgan fingerprint density at radius 3 is 2.67 bits per heavy atom. The number of nitrogens with one attached hydrogen (secondary N) is 2. The Kier molecular flexibility index (Phi) is 4.46. The Bertz CT molecular complexity index is 650. The molecule has 1 heterocycles. The van der Waals surface area contributed by atoms with Crippen LogP contribution in [0.3, 0.4) is 0 Å². The molecule has 0 radical (unpaired) electrons. The number of anilines is 1. The average Bonchev–Trinajstić information content (AvgIpc) is 2.51. The zero-order valence-corrected chi connectivity index (χ0v) is 13.2. The second kappa shape index (κ2) is 6.12. The first-order valence-electron chi connectivity index (χ1n) is 7.32. The van der Waals surface area contributed by atoms with Crippen molar-refractivity contribution in [2.75, 3.05) is 18.9 Å². The van der Waals surface area contributed by atoms with Gasteiger partial charge in [-0.1, -0.05) is 39.0 Å². The first-order chi connectivity index (χ1) is 9.96. The number of fused-ring (bicyclic) bond motifs is 1. The highest BCUT2D eigenvalue weighted by Gasteiger charge is 2.18. The highest BCUT2D eigenvalue weighted by atomic mass is 16.1. The van der Waals surface area contributed by atoms with E-state index in [0.29, 0.717) is 12.2 Å². The number of pyridine rings is 1. The Hall–Kier alpha value is -2.10. The van der Waals surface area contributed by atoms with E-state index in [9.17, 15) is 4.79 Å². The van der Waals surface area contributed by atoms with Gasteiger partial charge in [0.2, 0.25) is 0 Å². The maximum Gasteiger partial charge on any atom is 0.270 e. The van der Waals surface area contributed by atoms with E-state index in [1.54, 1.807) is 6.07 Å². The minimum Gasteiger partial charge on any atom is -0.388 e. The minimum absolute atomic E-state index is 0.0956. The third-order valence-corrected chi connectivity index (χ3v) is 3.90. The molecule has 0 aliphatic heterocycles. The number of benzene rings is 1. The highest BCUT2D eigenvalue weighted by Crippen LogP contribution is 2.23. The summed E-state index contributed by atoms with van der Waals surface area (Å²) in [6.07, 6.45) is 1.01. The molecule has 0 spiro atoms. The molecule has 4 nitrogen and oxygen atoms in total. The van der Waals surface area contributed by atoms with Crippen LogP contribution in [0, 0.1) is 5.41 Å². The van der Waals surface area contributed by atoms with E-state index in [0.717, 1.165) is 23.0 Å². The molecule has 2 aromatic rings. The van der Waals surface area contributed by atoms with Gasteiger partial charge >= 0.3 is 0 Å². The number of carbonyl (C=O) groups excluding carboxylic acids is 1. The van der Waals surface area contributed by atoms with Gasteiger partial charge in [-0.3, -0.25) is 4.79 Å². The molecule has 4 heteroatoms. The Balaban J connectivity index is 2.27. The van der Waals surface area contributed by atoms with Crippen molar-refractivity contribution in [1.82, 2.24) is 10.3 Å². The molecule has 1 aromatic heterocycles. The minimum atomic E-state index is -0.126. The smallest absolute Gasteiger partial charge is 0.270 e. The first-order valence-corrected chi connectivity index (χ1v) is 7.32. The summed E-state index contributed by atoms with van der Waals surface area (Å²) in [6, 6.07) is 9.61. The van der Waals surface area contributed by atoms with Gasteiger partial charge in [0, 0.05) is 24.7 Å². The number of hydrogen-bond donors (Lipinski definition) is 2. The van der Waals surface area contributed by atoms with Crippen molar-refractivity contribution in [2.45, 2.75) is 27.2 Å². The molecular formula is C17H23N3O. The second-order valence-electron chi connectivity index (χ2n) is 6.02. The van der Waals surface area contributed by atoms with E-state index >= 15 is 0 Å². The number of para-hydroxylation sites is 1. The lowest BCUT2D eigenvalue weighted by atomic mass is 9.90. The molecule has 2 N–H and O–H groups in total. The van der Waals surface area contributed by atoms with Gasteiger partial charge in [0.15, 0.2) is 0 Å². The largest absolute Gasteiger partial charge is 0.388 e. The SMILES string of the molecule is CCC(C)(C)CNC(=O)c1cc(NC)c2ccccc2n1. The molecule has 0 aliphatic carbocycles. The van der Waals surface area contributed by atoms with E-state index in [-0.39, 0.29) is 11.3 Å². The number of rotatable bonds is 5. The Morgan fingerprint density at radius 1 is 1.29 bits per heavy atom. The first kappa shape index (κ1) is 15.3. The third kappa shape index (κ3) is 3.51. The molecule has 0 fully saturated rings. The standard InChI is InChI=1S/C17H23N3O/c1-5-17(2,3)11-19-16(21)15-10-14(18-4)12-8-6-7-9-13(12)20-15/h6-10H,5,11H2,1-4H3,(H,18,20)(H,19,21). The van der Waals surface area contributed by atoms with Gasteiger partial charge in [0.1, 0.15) is 5.69 Å². The summed E-state index contributed by atoms with van der Waals surface area (Å²) >= 11 is 0. The summed E-state index contributed by atoms with van der Waals surface area (Å²) < 4.78 is 0. The lowest BCUT2D eigenvalue weighted by Crippen LogP contribution is -2.34. The summed E-state index contributed by atoms with van der Waals surface area (Å²) in [6.45, 7) is 7.05. The van der Waals surface area contributed by atoms with Crippen LogP contribution >= 0.6 is 0 Å². The van der Waals surface area contributed by atoms with Gasteiger partial charge in [0.25, 0.3) is 5.91 Å². The van der Waals surface area contributed by atoms with Crippen LogP contribution in [0.5, 0.6) is 0 Å². The normalized spacial score (nSPS) is 11.4. The number of nitrogens with zero attached hydrogens (tertiary/aromatic N) is 1. The topological polar surface area (TPSA) is 54.0 Å².